The topological polar surface area (TPSA) is 255 Å². The predicted octanol–water partition coefficient (Wildman–Crippen LogP) is 1.01. The van der Waals surface area contributed by atoms with Crippen LogP contribution >= 0.6 is 15.6 Å². The molecule has 3 unspecified atom stereocenters. The summed E-state index contributed by atoms with van der Waals surface area (Å²) in [6, 6.07) is 0.190. The molecule has 2 heterocycles. The second kappa shape index (κ2) is 36.4. The summed E-state index contributed by atoms with van der Waals surface area (Å²) in [4.78, 5) is 39.0. The van der Waals surface area contributed by atoms with Gasteiger partial charge in [0.25, 0.3) is 7.82 Å². The van der Waals surface area contributed by atoms with E-state index in [4.69, 9.17) is 28.7 Å². The maximum absolute atomic E-state index is 12.7. The van der Waals surface area contributed by atoms with Crippen LogP contribution in [0.1, 0.15) is 174 Å². The van der Waals surface area contributed by atoms with Crippen molar-refractivity contribution in [2.75, 3.05) is 26.4 Å². The van der Waals surface area contributed by atoms with Crippen LogP contribution in [0.3, 0.4) is 0 Å². The number of phosphoric acid groups is 2. The van der Waals surface area contributed by atoms with Gasteiger partial charge in [-0.1, -0.05) is 149 Å². The third-order valence-electron chi connectivity index (χ3n) is 10.2. The number of rotatable bonds is 37. The third-order valence-corrected chi connectivity index (χ3v) is 12.8. The van der Waals surface area contributed by atoms with Crippen molar-refractivity contribution in [2.24, 2.45) is 0 Å². The summed E-state index contributed by atoms with van der Waals surface area (Å²) < 4.78 is 56.6. The molecule has 1 saturated heterocycles. The number of nitrogens with one attached hydrogen (secondary N) is 1. The van der Waals surface area contributed by atoms with Crippen LogP contribution in [0.25, 0.3) is 0 Å². The normalized spacial score (nSPS) is 20.0. The molecule has 61 heavy (non-hydrogen) atoms. The Morgan fingerprint density at radius 3 is 1.80 bits per heavy atom. The maximum atomic E-state index is 12.7. The van der Waals surface area contributed by atoms with E-state index >= 15 is 0 Å². The number of unbranched alkanes of at least 4 members (excludes halogenated alkanes) is 21. The van der Waals surface area contributed by atoms with E-state index in [2.05, 4.69) is 23.1 Å². The number of carbonyl (C=O) groups excluding carboxylic acids is 1. The molecule has 0 spiro atoms. The number of carbonyl (C=O) groups is 1. The monoisotopic (exact) mass is 927 g/mol. The number of hydrogen-bond donors (Lipinski definition) is 4. The molecule has 2 rings (SSSR count). The van der Waals surface area contributed by atoms with Gasteiger partial charge in [-0.2, -0.15) is 0 Å². The number of aliphatic hydroxyl groups excluding tert-OH is 2. The fraction of sp³-hybridized carbons (Fsp3) is 0.875. The van der Waals surface area contributed by atoms with Crippen molar-refractivity contribution in [1.29, 1.82) is 5.41 Å². The number of aliphatic hydroxyl groups is 2. The number of phosphoric ester groups is 2. The molecule has 0 bridgehead atoms. The fourth-order valence-electron chi connectivity index (χ4n) is 6.77. The molecule has 1 fully saturated rings. The maximum Gasteiger partial charge on any atom is 1.00 e. The van der Waals surface area contributed by atoms with E-state index in [0.29, 0.717) is 13.0 Å². The first-order chi connectivity index (χ1) is 28.3. The zero-order chi connectivity index (χ0) is 43.4. The van der Waals surface area contributed by atoms with Gasteiger partial charge >= 0.3 is 72.9 Å². The van der Waals surface area contributed by atoms with Crippen molar-refractivity contribution in [1.82, 2.24) is 9.55 Å². The Hall–Kier alpha value is 0.250. The minimum Gasteiger partial charge on any atom is -0.846 e. The quantitative estimate of drug-likeness (QED) is 0.0315. The Labute approximate surface area is 408 Å². The third kappa shape index (κ3) is 28.8. The summed E-state index contributed by atoms with van der Waals surface area (Å²) in [6.45, 7) is 2.93. The molecule has 17 nitrogen and oxygen atoms in total. The molecular weight excluding hydrogens is 854 g/mol. The first-order valence-corrected chi connectivity index (χ1v) is 25.0. The van der Waals surface area contributed by atoms with Crippen molar-refractivity contribution in [3.63, 3.8) is 0 Å². The van der Waals surface area contributed by atoms with Crippen molar-refractivity contribution >= 4 is 21.6 Å². The van der Waals surface area contributed by atoms with Gasteiger partial charge in [0, 0.05) is 19.2 Å². The standard InChI is InChI=1S/C40H75N3O14P2.2Na/c1-3-5-7-9-11-13-15-17-19-21-23-25-29-52-30-33(55-36(44)26-24-22-20-18-16-14-12-10-8-6-4-2)31-53-58(48,49)57-59(50,51)54-32-34-37(45)38(46)39(56-34)43-28-27-35(41)42-40(43)47;;/h27-28,33-34,37-39,45-46H,3-26,29-32H2,1-2H3,(H,48,49)(H,50,51)(H2,41,42,47);;/q;2*+1/p-2/t33?,34-,37-,38+,39-;;/m1../s1. The van der Waals surface area contributed by atoms with Crippen LogP contribution in [0.5, 0.6) is 6.01 Å². The van der Waals surface area contributed by atoms with E-state index in [-0.39, 0.29) is 77.6 Å². The second-order valence-corrected chi connectivity index (χ2v) is 18.5. The Bertz CT molecular complexity index is 1430. The van der Waals surface area contributed by atoms with Gasteiger partial charge in [0.15, 0.2) is 6.23 Å². The van der Waals surface area contributed by atoms with Crippen LogP contribution in [0.2, 0.25) is 0 Å². The molecule has 0 amide bonds. The zero-order valence-corrected chi connectivity index (χ0v) is 43.3. The smallest absolute Gasteiger partial charge is 0.846 e. The number of ether oxygens (including phenoxy) is 3. The molecule has 1 aliphatic rings. The average molecular weight is 928 g/mol. The van der Waals surface area contributed by atoms with Crippen LogP contribution in [-0.2, 0) is 41.5 Å². The molecule has 7 atom stereocenters. The summed E-state index contributed by atoms with van der Waals surface area (Å²) in [6.07, 6.45) is 20.1. The van der Waals surface area contributed by atoms with Gasteiger partial charge in [0.1, 0.15) is 29.9 Å². The molecule has 0 radical (unpaired) electrons. The summed E-state index contributed by atoms with van der Waals surface area (Å²) in [5.74, 6) is -0.550. The van der Waals surface area contributed by atoms with Crippen LogP contribution in [0, 0.1) is 5.41 Å². The van der Waals surface area contributed by atoms with E-state index < -0.39 is 71.5 Å². The minimum absolute atomic E-state index is 0. The fourth-order valence-corrected chi connectivity index (χ4v) is 8.85. The summed E-state index contributed by atoms with van der Waals surface area (Å²) >= 11 is 0. The first-order valence-electron chi connectivity index (χ1n) is 22.0. The molecule has 4 N–H and O–H groups in total. The van der Waals surface area contributed by atoms with Gasteiger partial charge in [-0.15, -0.1) is 0 Å². The number of nitrogens with zero attached hydrogens (tertiary/aromatic N) is 2. The number of aromatic nitrogens is 2. The molecule has 344 valence electrons. The van der Waals surface area contributed by atoms with Crippen LogP contribution < -0.4 is 74.6 Å². The summed E-state index contributed by atoms with van der Waals surface area (Å²) in [5.41, 5.74) is -0.340. The zero-order valence-electron chi connectivity index (χ0n) is 37.5. The number of esters is 1. The molecule has 1 aliphatic heterocycles. The van der Waals surface area contributed by atoms with Gasteiger partial charge in [-0.05, 0) is 18.9 Å². The minimum atomic E-state index is -5.55. The van der Waals surface area contributed by atoms with Crippen molar-refractivity contribution < 1.29 is 126 Å². The Morgan fingerprint density at radius 1 is 0.803 bits per heavy atom. The van der Waals surface area contributed by atoms with E-state index in [1.54, 1.807) is 0 Å². The SMILES string of the molecule is CCCCCCCCCCCCCCOCC(COP(=O)([O-])OP(=O)(O)OC[C@H]1O[C@@H](n2ccc(=N)nc2[O-])[C@@H](O)[C@@H]1O)OC(=O)CCCCCCCCCCCCC.[Na+].[Na+]. The molecule has 1 aromatic heterocycles. The van der Waals surface area contributed by atoms with Gasteiger partial charge in [0.05, 0.1) is 25.8 Å². The molecule has 21 heteroatoms. The van der Waals surface area contributed by atoms with Gasteiger partial charge in [0.2, 0.25) is 0 Å². The molecule has 0 aromatic carbocycles. The van der Waals surface area contributed by atoms with Crippen LogP contribution in [0.15, 0.2) is 12.3 Å². The molecule has 1 aromatic rings. The van der Waals surface area contributed by atoms with E-state index in [1.165, 1.54) is 96.3 Å². The second-order valence-electron chi connectivity index (χ2n) is 15.5. The van der Waals surface area contributed by atoms with E-state index in [0.717, 1.165) is 61.8 Å². The van der Waals surface area contributed by atoms with Crippen LogP contribution in [0.4, 0.5) is 0 Å². The van der Waals surface area contributed by atoms with Gasteiger partial charge in [-0.25, -0.2) is 13.9 Å². The summed E-state index contributed by atoms with van der Waals surface area (Å²) in [5, 5.41) is 40.4. The molecular formula is C40H73N3Na2O14P2. The number of hydrogen-bond acceptors (Lipinski definition) is 15. The largest absolute Gasteiger partial charge is 1.00 e. The molecule has 0 aliphatic carbocycles. The molecule has 0 saturated carbocycles. The average Bonchev–Trinajstić information content (AvgIpc) is 3.46. The first kappa shape index (κ1) is 61.2. The van der Waals surface area contributed by atoms with E-state index in [1.807, 2.05) is 0 Å². The Kier molecular flexibility index (Phi) is 36.5. The summed E-state index contributed by atoms with van der Waals surface area (Å²) in [7, 11) is -11.0. The van der Waals surface area contributed by atoms with E-state index in [9.17, 15) is 39.0 Å². The Morgan fingerprint density at radius 2 is 1.30 bits per heavy atom. The van der Waals surface area contributed by atoms with Crippen LogP contribution in [-0.4, -0.2) is 81.5 Å². The Balaban J connectivity index is 0.0000180. The van der Waals surface area contributed by atoms with Crippen molar-refractivity contribution in [3.05, 3.63) is 17.8 Å². The van der Waals surface area contributed by atoms with Gasteiger partial charge < -0.3 is 48.4 Å². The van der Waals surface area contributed by atoms with Gasteiger partial charge in [-0.3, -0.25) is 19.3 Å². The van der Waals surface area contributed by atoms with Crippen molar-refractivity contribution in [3.8, 4) is 6.01 Å². The van der Waals surface area contributed by atoms with Crippen molar-refractivity contribution in [2.45, 2.75) is 199 Å². The predicted molar refractivity (Wildman–Crippen MR) is 217 cm³/mol.